The van der Waals surface area contributed by atoms with Crippen LogP contribution in [0, 0.1) is 11.3 Å². The standard InChI is InChI=1S/C11H11BrN2O2/c1-14(5-4-11(15)16)10-6-9(12)3-2-8(10)7-13/h2-3,6H,4-5H2,1H3,(H,15,16). The van der Waals surface area contributed by atoms with E-state index in [2.05, 4.69) is 22.0 Å². The number of hydrogen-bond donors (Lipinski definition) is 1. The van der Waals surface area contributed by atoms with Crippen molar-refractivity contribution >= 4 is 27.6 Å². The second kappa shape index (κ2) is 5.52. The van der Waals surface area contributed by atoms with Gasteiger partial charge in [0.15, 0.2) is 0 Å². The Bertz CT molecular complexity index is 440. The molecule has 1 N–H and O–H groups in total. The molecule has 1 aromatic rings. The smallest absolute Gasteiger partial charge is 0.305 e. The Labute approximate surface area is 102 Å². The molecule has 0 aliphatic heterocycles. The second-order valence-corrected chi connectivity index (χ2v) is 4.25. The van der Waals surface area contributed by atoms with Gasteiger partial charge in [0.2, 0.25) is 0 Å². The zero-order valence-electron chi connectivity index (χ0n) is 8.77. The zero-order chi connectivity index (χ0) is 12.1. The zero-order valence-corrected chi connectivity index (χ0v) is 10.4. The Hall–Kier alpha value is -1.54. The third kappa shape index (κ3) is 3.24. The molecular formula is C11H11BrN2O2. The summed E-state index contributed by atoms with van der Waals surface area (Å²) in [5.41, 5.74) is 1.27. The highest BCUT2D eigenvalue weighted by molar-refractivity contribution is 9.10. The van der Waals surface area contributed by atoms with E-state index in [9.17, 15) is 4.79 Å². The van der Waals surface area contributed by atoms with Gasteiger partial charge < -0.3 is 10.0 Å². The van der Waals surface area contributed by atoms with E-state index in [4.69, 9.17) is 10.4 Å². The van der Waals surface area contributed by atoms with Gasteiger partial charge in [-0.15, -0.1) is 0 Å². The van der Waals surface area contributed by atoms with E-state index in [1.165, 1.54) is 0 Å². The lowest BCUT2D eigenvalue weighted by molar-refractivity contribution is -0.136. The van der Waals surface area contributed by atoms with E-state index < -0.39 is 5.97 Å². The van der Waals surface area contributed by atoms with Gasteiger partial charge in [0.1, 0.15) is 6.07 Å². The molecule has 0 heterocycles. The van der Waals surface area contributed by atoms with E-state index in [1.807, 2.05) is 0 Å². The summed E-state index contributed by atoms with van der Waals surface area (Å²) in [4.78, 5) is 12.2. The van der Waals surface area contributed by atoms with Crippen LogP contribution in [0.15, 0.2) is 22.7 Å². The van der Waals surface area contributed by atoms with Crippen molar-refractivity contribution in [3.63, 3.8) is 0 Å². The molecule has 0 aliphatic carbocycles. The van der Waals surface area contributed by atoms with Crippen molar-refractivity contribution in [1.82, 2.24) is 0 Å². The van der Waals surface area contributed by atoms with Crippen molar-refractivity contribution in [2.24, 2.45) is 0 Å². The van der Waals surface area contributed by atoms with Crippen LogP contribution < -0.4 is 4.90 Å². The maximum absolute atomic E-state index is 10.5. The molecule has 0 saturated heterocycles. The third-order valence-corrected chi connectivity index (χ3v) is 2.65. The fourth-order valence-electron chi connectivity index (χ4n) is 1.30. The lowest BCUT2D eigenvalue weighted by Gasteiger charge is -2.19. The highest BCUT2D eigenvalue weighted by Crippen LogP contribution is 2.23. The molecular weight excluding hydrogens is 272 g/mol. The second-order valence-electron chi connectivity index (χ2n) is 3.34. The van der Waals surface area contributed by atoms with Crippen molar-refractivity contribution in [2.75, 3.05) is 18.5 Å². The minimum Gasteiger partial charge on any atom is -0.481 e. The molecule has 0 saturated carbocycles. The molecule has 0 fully saturated rings. The Kier molecular flexibility index (Phi) is 4.32. The van der Waals surface area contributed by atoms with Crippen molar-refractivity contribution in [2.45, 2.75) is 6.42 Å². The first kappa shape index (κ1) is 12.5. The molecule has 0 amide bonds. The molecule has 4 nitrogen and oxygen atoms in total. The van der Waals surface area contributed by atoms with E-state index in [1.54, 1.807) is 30.1 Å². The molecule has 16 heavy (non-hydrogen) atoms. The summed E-state index contributed by atoms with van der Waals surface area (Å²) in [6, 6.07) is 7.38. The molecule has 1 aromatic carbocycles. The summed E-state index contributed by atoms with van der Waals surface area (Å²) in [5.74, 6) is -0.847. The summed E-state index contributed by atoms with van der Waals surface area (Å²) in [6.45, 7) is 0.375. The number of carbonyl (C=O) groups is 1. The van der Waals surface area contributed by atoms with Crippen molar-refractivity contribution in [3.05, 3.63) is 28.2 Å². The van der Waals surface area contributed by atoms with Crippen molar-refractivity contribution in [3.8, 4) is 6.07 Å². The van der Waals surface area contributed by atoms with Crippen LogP contribution in [0.4, 0.5) is 5.69 Å². The largest absolute Gasteiger partial charge is 0.481 e. The number of anilines is 1. The molecule has 0 aliphatic rings. The third-order valence-electron chi connectivity index (χ3n) is 2.15. The molecule has 0 spiro atoms. The molecule has 0 unspecified atom stereocenters. The Morgan fingerprint density at radius 2 is 2.31 bits per heavy atom. The average Bonchev–Trinajstić information content (AvgIpc) is 2.25. The minimum absolute atomic E-state index is 0.0495. The lowest BCUT2D eigenvalue weighted by Crippen LogP contribution is -2.21. The Balaban J connectivity index is 2.89. The maximum Gasteiger partial charge on any atom is 0.305 e. The van der Waals surface area contributed by atoms with Crippen molar-refractivity contribution < 1.29 is 9.90 Å². The lowest BCUT2D eigenvalue weighted by atomic mass is 10.2. The van der Waals surface area contributed by atoms with Gasteiger partial charge in [0.25, 0.3) is 0 Å². The van der Waals surface area contributed by atoms with E-state index >= 15 is 0 Å². The first-order chi connectivity index (χ1) is 7.54. The van der Waals surface area contributed by atoms with Crippen LogP contribution >= 0.6 is 15.9 Å². The van der Waals surface area contributed by atoms with Crippen LogP contribution in [0.1, 0.15) is 12.0 Å². The van der Waals surface area contributed by atoms with Crippen LogP contribution in [0.3, 0.4) is 0 Å². The van der Waals surface area contributed by atoms with Gasteiger partial charge in [-0.3, -0.25) is 4.79 Å². The first-order valence-corrected chi connectivity index (χ1v) is 5.46. The van der Waals surface area contributed by atoms with Gasteiger partial charge in [-0.1, -0.05) is 15.9 Å². The molecule has 1 rings (SSSR count). The van der Waals surface area contributed by atoms with E-state index in [-0.39, 0.29) is 6.42 Å². The molecule has 0 aromatic heterocycles. The van der Waals surface area contributed by atoms with Crippen LogP contribution in [-0.2, 0) is 4.79 Å². The fourth-order valence-corrected chi connectivity index (χ4v) is 1.65. The highest BCUT2D eigenvalue weighted by Gasteiger charge is 2.09. The topological polar surface area (TPSA) is 64.3 Å². The van der Waals surface area contributed by atoms with Crippen LogP contribution in [0.25, 0.3) is 0 Å². The van der Waals surface area contributed by atoms with E-state index in [0.717, 1.165) is 10.2 Å². The highest BCUT2D eigenvalue weighted by atomic mass is 79.9. The molecule has 0 radical (unpaired) electrons. The van der Waals surface area contributed by atoms with Gasteiger partial charge >= 0.3 is 5.97 Å². The summed E-state index contributed by atoms with van der Waals surface area (Å²) in [5, 5.41) is 17.5. The fraction of sp³-hybridized carbons (Fsp3) is 0.273. The molecule has 0 atom stereocenters. The number of carboxylic acids is 1. The minimum atomic E-state index is -0.847. The quantitative estimate of drug-likeness (QED) is 0.920. The van der Waals surface area contributed by atoms with Gasteiger partial charge in [-0.25, -0.2) is 0 Å². The number of halogens is 1. The number of benzene rings is 1. The number of aliphatic carboxylic acids is 1. The number of rotatable bonds is 4. The van der Waals surface area contributed by atoms with Crippen LogP contribution in [0.2, 0.25) is 0 Å². The van der Waals surface area contributed by atoms with Gasteiger partial charge in [-0.2, -0.15) is 5.26 Å². The molecule has 5 heteroatoms. The first-order valence-electron chi connectivity index (χ1n) is 4.67. The van der Waals surface area contributed by atoms with Gasteiger partial charge in [-0.05, 0) is 18.2 Å². The summed E-state index contributed by atoms with van der Waals surface area (Å²) >= 11 is 3.32. The number of nitrogens with zero attached hydrogens (tertiary/aromatic N) is 2. The number of carboxylic acid groups (broad SMARTS) is 1. The normalized spacial score (nSPS) is 9.56. The average molecular weight is 283 g/mol. The predicted octanol–water partition coefficient (Wildman–Crippen LogP) is 2.23. The van der Waals surface area contributed by atoms with E-state index in [0.29, 0.717) is 12.1 Å². The van der Waals surface area contributed by atoms with Crippen LogP contribution in [0.5, 0.6) is 0 Å². The predicted molar refractivity (Wildman–Crippen MR) is 64.4 cm³/mol. The molecule has 84 valence electrons. The summed E-state index contributed by atoms with van der Waals surface area (Å²) in [6.07, 6.45) is 0.0495. The monoisotopic (exact) mass is 282 g/mol. The van der Waals surface area contributed by atoms with Crippen LogP contribution in [-0.4, -0.2) is 24.7 Å². The number of nitriles is 1. The Morgan fingerprint density at radius 3 is 2.88 bits per heavy atom. The maximum atomic E-state index is 10.5. The summed E-state index contributed by atoms with van der Waals surface area (Å²) in [7, 11) is 1.77. The molecule has 0 bridgehead atoms. The van der Waals surface area contributed by atoms with Gasteiger partial charge in [0, 0.05) is 18.1 Å². The Morgan fingerprint density at radius 1 is 1.62 bits per heavy atom. The van der Waals surface area contributed by atoms with Crippen molar-refractivity contribution in [1.29, 1.82) is 5.26 Å². The summed E-state index contributed by atoms with van der Waals surface area (Å²) < 4.78 is 0.865. The SMILES string of the molecule is CN(CCC(=O)O)c1cc(Br)ccc1C#N. The van der Waals surface area contributed by atoms with Gasteiger partial charge in [0.05, 0.1) is 17.7 Å². The number of hydrogen-bond acceptors (Lipinski definition) is 3.